The molecule has 0 aliphatic heterocycles. The van der Waals surface area contributed by atoms with Crippen LogP contribution in [0, 0.1) is 0 Å². The number of carboxylic acids is 1. The molecule has 0 saturated carbocycles. The Morgan fingerprint density at radius 3 is 1.93 bits per heavy atom. The molecule has 0 aromatic heterocycles. The molecule has 0 unspecified atom stereocenters. The van der Waals surface area contributed by atoms with Gasteiger partial charge in [0.25, 0.3) is 0 Å². The summed E-state index contributed by atoms with van der Waals surface area (Å²) in [7, 11) is 0. The van der Waals surface area contributed by atoms with Gasteiger partial charge in [-0.05, 0) is 25.7 Å². The van der Waals surface area contributed by atoms with E-state index in [1.165, 1.54) is 0 Å². The maximum atomic E-state index is 11.1. The zero-order chi connectivity index (χ0) is 10.8. The summed E-state index contributed by atoms with van der Waals surface area (Å²) in [5, 5.41) is 10.1. The fraction of sp³-hybridized carbons (Fsp3) is 0.818. The largest absolute Gasteiger partial charge is 1.00 e. The van der Waals surface area contributed by atoms with E-state index >= 15 is 0 Å². The van der Waals surface area contributed by atoms with Crippen LogP contribution >= 0.6 is 0 Å². The fourth-order valence-corrected chi connectivity index (χ4v) is 1.35. The minimum atomic E-state index is -0.980. The molecular weight excluding hydrogens is 203 g/mol. The van der Waals surface area contributed by atoms with Gasteiger partial charge in [0, 0.05) is 18.8 Å². The molecule has 0 amide bonds. The first-order valence-electron chi connectivity index (χ1n) is 5.38. The zero-order valence-electron chi connectivity index (χ0n) is 9.88. The van der Waals surface area contributed by atoms with Crippen molar-refractivity contribution in [3.63, 3.8) is 0 Å². The van der Waals surface area contributed by atoms with E-state index in [1.807, 2.05) is 6.92 Å². The number of ketones is 1. The van der Waals surface area contributed by atoms with E-state index in [4.69, 9.17) is 0 Å². The Labute approximate surface area is 114 Å². The average Bonchev–Trinajstić information content (AvgIpc) is 2.11. The van der Waals surface area contributed by atoms with Crippen LogP contribution < -0.4 is 34.7 Å². The number of unbranched alkanes of at least 4 members (excludes halogenated alkanes) is 3. The van der Waals surface area contributed by atoms with Gasteiger partial charge in [-0.1, -0.05) is 19.8 Å². The number of carbonyl (C=O) groups excluding carboxylic acids is 2. The summed E-state index contributed by atoms with van der Waals surface area (Å²) in [6, 6.07) is 0. The molecule has 0 aromatic carbocycles. The molecule has 0 spiro atoms. The summed E-state index contributed by atoms with van der Waals surface area (Å²) in [5.74, 6) is -0.653. The number of carbonyl (C=O) groups is 2. The Morgan fingerprint density at radius 2 is 1.47 bits per heavy atom. The molecule has 82 valence electrons. The van der Waals surface area contributed by atoms with Crippen molar-refractivity contribution in [1.82, 2.24) is 0 Å². The maximum absolute atomic E-state index is 11.1. The van der Waals surface area contributed by atoms with Crippen molar-refractivity contribution in [2.24, 2.45) is 0 Å². The van der Waals surface area contributed by atoms with Crippen molar-refractivity contribution in [2.75, 3.05) is 0 Å². The molecule has 0 saturated heterocycles. The molecule has 0 aliphatic carbocycles. The summed E-state index contributed by atoms with van der Waals surface area (Å²) < 4.78 is 0. The van der Waals surface area contributed by atoms with Crippen molar-refractivity contribution in [3.8, 4) is 0 Å². The molecule has 0 aromatic rings. The van der Waals surface area contributed by atoms with Gasteiger partial charge in [-0.15, -0.1) is 0 Å². The van der Waals surface area contributed by atoms with Gasteiger partial charge in [0.1, 0.15) is 5.78 Å². The summed E-state index contributed by atoms with van der Waals surface area (Å²) >= 11 is 0. The fourth-order valence-electron chi connectivity index (χ4n) is 1.35. The normalized spacial score (nSPS) is 9.40. The summed E-state index contributed by atoms with van der Waals surface area (Å²) in [5.41, 5.74) is 0. The summed E-state index contributed by atoms with van der Waals surface area (Å²) in [6.07, 6.45) is 5.79. The first-order chi connectivity index (χ1) is 6.66. The molecule has 15 heavy (non-hydrogen) atoms. The average molecular weight is 222 g/mol. The van der Waals surface area contributed by atoms with Gasteiger partial charge in [0.2, 0.25) is 0 Å². The number of hydrogen-bond acceptors (Lipinski definition) is 3. The number of aliphatic carboxylic acids is 1. The second-order valence-electron chi connectivity index (χ2n) is 3.57. The van der Waals surface area contributed by atoms with Crippen LogP contribution in [-0.2, 0) is 9.59 Å². The Bertz CT molecular complexity index is 181. The summed E-state index contributed by atoms with van der Waals surface area (Å²) in [6.45, 7) is 2.00. The van der Waals surface area contributed by atoms with Crippen molar-refractivity contribution in [3.05, 3.63) is 0 Å². The monoisotopic (exact) mass is 222 g/mol. The third kappa shape index (κ3) is 14.1. The molecule has 3 nitrogen and oxygen atoms in total. The second kappa shape index (κ2) is 12.2. The molecule has 0 bridgehead atoms. The number of carboxylic acid groups (broad SMARTS) is 1. The van der Waals surface area contributed by atoms with E-state index in [-0.39, 0.29) is 36.0 Å². The van der Waals surface area contributed by atoms with Crippen LogP contribution in [0.2, 0.25) is 0 Å². The van der Waals surface area contributed by atoms with Crippen LogP contribution in [0.15, 0.2) is 0 Å². The molecule has 0 radical (unpaired) electrons. The van der Waals surface area contributed by atoms with Gasteiger partial charge in [-0.3, -0.25) is 4.79 Å². The van der Waals surface area contributed by atoms with Crippen molar-refractivity contribution in [1.29, 1.82) is 0 Å². The SMILES string of the molecule is CCCC(=O)CCCCCCC(=O)[O-].[Na+]. The van der Waals surface area contributed by atoms with E-state index in [0.717, 1.165) is 25.7 Å². The molecule has 0 heterocycles. The van der Waals surface area contributed by atoms with E-state index < -0.39 is 5.97 Å². The Hall–Kier alpha value is 0.140. The predicted molar refractivity (Wildman–Crippen MR) is 52.6 cm³/mol. The minimum absolute atomic E-state index is 0. The topological polar surface area (TPSA) is 57.2 Å². The number of hydrogen-bond donors (Lipinski definition) is 0. The quantitative estimate of drug-likeness (QED) is 0.350. The van der Waals surface area contributed by atoms with Crippen LogP contribution in [0.3, 0.4) is 0 Å². The molecule has 0 fully saturated rings. The van der Waals surface area contributed by atoms with E-state index in [0.29, 0.717) is 25.0 Å². The Kier molecular flexibility index (Phi) is 14.3. The van der Waals surface area contributed by atoms with Crippen molar-refractivity contribution in [2.45, 2.75) is 58.3 Å². The van der Waals surface area contributed by atoms with E-state index in [9.17, 15) is 14.7 Å². The van der Waals surface area contributed by atoms with Gasteiger partial charge >= 0.3 is 29.6 Å². The second-order valence-corrected chi connectivity index (χ2v) is 3.57. The van der Waals surface area contributed by atoms with Crippen LogP contribution in [-0.4, -0.2) is 11.8 Å². The number of rotatable bonds is 9. The zero-order valence-corrected chi connectivity index (χ0v) is 11.9. The van der Waals surface area contributed by atoms with E-state index in [1.54, 1.807) is 0 Å². The first-order valence-corrected chi connectivity index (χ1v) is 5.38. The Morgan fingerprint density at radius 1 is 0.933 bits per heavy atom. The van der Waals surface area contributed by atoms with Crippen LogP contribution in [0.25, 0.3) is 0 Å². The van der Waals surface area contributed by atoms with Gasteiger partial charge in [0.15, 0.2) is 0 Å². The molecule has 0 atom stereocenters. The standard InChI is InChI=1S/C11H20O3.Na/c1-2-7-10(12)8-5-3-4-6-9-11(13)14;/h2-9H2,1H3,(H,13,14);/q;+1/p-1. The Balaban J connectivity index is 0. The predicted octanol–water partition coefficient (Wildman–Crippen LogP) is -1.55. The molecule has 0 aliphatic rings. The summed E-state index contributed by atoms with van der Waals surface area (Å²) in [4.78, 5) is 21.1. The van der Waals surface area contributed by atoms with E-state index in [2.05, 4.69) is 0 Å². The van der Waals surface area contributed by atoms with Gasteiger partial charge in [0.05, 0.1) is 0 Å². The molecule has 4 heteroatoms. The molecule has 0 rings (SSSR count). The maximum Gasteiger partial charge on any atom is 1.00 e. The van der Waals surface area contributed by atoms with Gasteiger partial charge in [-0.25, -0.2) is 0 Å². The number of Topliss-reactive ketones (excluding diaryl/α,β-unsaturated/α-hetero) is 1. The molecular formula is C11H19NaO3. The van der Waals surface area contributed by atoms with Gasteiger partial charge < -0.3 is 9.90 Å². The smallest absolute Gasteiger partial charge is 0.550 e. The third-order valence-electron chi connectivity index (χ3n) is 2.12. The first kappa shape index (κ1) is 17.5. The molecule has 0 N–H and O–H groups in total. The van der Waals surface area contributed by atoms with Crippen molar-refractivity contribution >= 4 is 11.8 Å². The van der Waals surface area contributed by atoms with Crippen LogP contribution in [0.5, 0.6) is 0 Å². The van der Waals surface area contributed by atoms with Crippen molar-refractivity contribution < 1.29 is 44.3 Å². The third-order valence-corrected chi connectivity index (χ3v) is 2.12. The van der Waals surface area contributed by atoms with Crippen LogP contribution in [0.1, 0.15) is 58.3 Å². The van der Waals surface area contributed by atoms with Crippen LogP contribution in [0.4, 0.5) is 0 Å². The minimum Gasteiger partial charge on any atom is -0.550 e. The van der Waals surface area contributed by atoms with Gasteiger partial charge in [-0.2, -0.15) is 0 Å².